The fourth-order valence-electron chi connectivity index (χ4n) is 2.35. The average Bonchev–Trinajstić information content (AvgIpc) is 2.99. The monoisotopic (exact) mass is 280 g/mol. The van der Waals surface area contributed by atoms with Crippen molar-refractivity contribution >= 4 is 5.82 Å². The zero-order chi connectivity index (χ0) is 14.3. The molecule has 1 heterocycles. The Labute approximate surface area is 114 Å². The van der Waals surface area contributed by atoms with Crippen molar-refractivity contribution in [3.8, 4) is 16.9 Å². The van der Waals surface area contributed by atoms with E-state index in [0.717, 1.165) is 23.3 Å². The maximum atomic E-state index is 12.1. The number of ether oxygens (including phenoxy) is 1. The first kappa shape index (κ1) is 12.9. The van der Waals surface area contributed by atoms with Gasteiger partial charge in [0.2, 0.25) is 0 Å². The normalized spacial score (nSPS) is 21.2. The smallest absolute Gasteiger partial charge is 0.387 e. The number of hydrogen-bond acceptors (Lipinski definition) is 4. The number of hydrogen-bond donors (Lipinski definition) is 1. The summed E-state index contributed by atoms with van der Waals surface area (Å²) < 4.78 is 33.9. The molecule has 106 valence electrons. The van der Waals surface area contributed by atoms with Gasteiger partial charge in [-0.3, -0.25) is 0 Å². The molecule has 2 unspecified atom stereocenters. The molecule has 1 aromatic carbocycles. The van der Waals surface area contributed by atoms with Crippen molar-refractivity contribution < 1.29 is 18.0 Å². The first-order chi connectivity index (χ1) is 9.56. The fraction of sp³-hybridized carbons (Fsp3) is 0.357. The zero-order valence-electron chi connectivity index (χ0n) is 10.8. The molecule has 3 rings (SSSR count). The van der Waals surface area contributed by atoms with E-state index in [2.05, 4.69) is 16.8 Å². The molecular weight excluding hydrogens is 266 g/mol. The standard InChI is InChI=1S/C14H14F2N2O2/c1-7-6-10(7)12-11(13(17)18-20-12)8-2-4-9(5-3-8)19-14(15)16/h2-5,7,10,14H,6H2,1H3,(H2,17,18). The summed E-state index contributed by atoms with van der Waals surface area (Å²) in [6.07, 6.45) is 1.05. The lowest BCUT2D eigenvalue weighted by Gasteiger charge is -2.06. The molecule has 1 aromatic heterocycles. The van der Waals surface area contributed by atoms with Crippen LogP contribution >= 0.6 is 0 Å². The van der Waals surface area contributed by atoms with E-state index < -0.39 is 6.61 Å². The molecule has 2 atom stereocenters. The van der Waals surface area contributed by atoms with Gasteiger partial charge in [0, 0.05) is 5.92 Å². The van der Waals surface area contributed by atoms with Crippen molar-refractivity contribution in [3.63, 3.8) is 0 Å². The summed E-state index contributed by atoms with van der Waals surface area (Å²) in [7, 11) is 0. The van der Waals surface area contributed by atoms with Crippen LogP contribution in [0.25, 0.3) is 11.1 Å². The van der Waals surface area contributed by atoms with Crippen molar-refractivity contribution in [3.05, 3.63) is 30.0 Å². The van der Waals surface area contributed by atoms with Gasteiger partial charge in [-0.25, -0.2) is 0 Å². The van der Waals surface area contributed by atoms with E-state index in [1.807, 2.05) is 0 Å². The predicted octanol–water partition coefficient (Wildman–Crippen LogP) is 3.65. The number of nitrogens with zero attached hydrogens (tertiary/aromatic N) is 1. The summed E-state index contributed by atoms with van der Waals surface area (Å²) >= 11 is 0. The van der Waals surface area contributed by atoms with Crippen molar-refractivity contribution in [1.82, 2.24) is 5.16 Å². The summed E-state index contributed by atoms with van der Waals surface area (Å²) in [4.78, 5) is 0. The quantitative estimate of drug-likeness (QED) is 0.928. The molecule has 0 bridgehead atoms. The van der Waals surface area contributed by atoms with E-state index in [0.29, 0.717) is 17.7 Å². The number of benzene rings is 1. The molecular formula is C14H14F2N2O2. The predicted molar refractivity (Wildman–Crippen MR) is 69.5 cm³/mol. The van der Waals surface area contributed by atoms with Crippen LogP contribution in [0.2, 0.25) is 0 Å². The molecule has 4 nitrogen and oxygen atoms in total. The molecule has 0 saturated heterocycles. The zero-order valence-corrected chi connectivity index (χ0v) is 10.8. The van der Waals surface area contributed by atoms with Crippen LogP contribution in [0, 0.1) is 5.92 Å². The second kappa shape index (κ2) is 4.77. The molecule has 1 fully saturated rings. The van der Waals surface area contributed by atoms with Gasteiger partial charge in [0.05, 0.1) is 5.56 Å². The molecule has 1 aliphatic rings. The number of nitrogens with two attached hydrogens (primary N) is 1. The van der Waals surface area contributed by atoms with Gasteiger partial charge in [0.15, 0.2) is 5.82 Å². The van der Waals surface area contributed by atoms with Gasteiger partial charge < -0.3 is 15.0 Å². The largest absolute Gasteiger partial charge is 0.435 e. The van der Waals surface area contributed by atoms with Crippen LogP contribution in [0.5, 0.6) is 5.75 Å². The number of halogens is 2. The van der Waals surface area contributed by atoms with Gasteiger partial charge in [-0.2, -0.15) is 8.78 Å². The Morgan fingerprint density at radius 1 is 1.35 bits per heavy atom. The SMILES string of the molecule is CC1CC1c1onc(N)c1-c1ccc(OC(F)F)cc1. The Balaban J connectivity index is 1.91. The number of alkyl halides is 2. The van der Waals surface area contributed by atoms with Gasteiger partial charge in [0.1, 0.15) is 11.5 Å². The first-order valence-electron chi connectivity index (χ1n) is 6.36. The summed E-state index contributed by atoms with van der Waals surface area (Å²) in [5, 5.41) is 3.81. The van der Waals surface area contributed by atoms with Gasteiger partial charge in [-0.05, 0) is 30.0 Å². The number of anilines is 1. The lowest BCUT2D eigenvalue weighted by molar-refractivity contribution is -0.0498. The van der Waals surface area contributed by atoms with Crippen molar-refractivity contribution in [2.45, 2.75) is 25.9 Å². The van der Waals surface area contributed by atoms with E-state index >= 15 is 0 Å². The van der Waals surface area contributed by atoms with E-state index in [1.54, 1.807) is 12.1 Å². The number of rotatable bonds is 4. The lowest BCUT2D eigenvalue weighted by Crippen LogP contribution is -2.01. The minimum atomic E-state index is -2.83. The van der Waals surface area contributed by atoms with Crippen LogP contribution in [0.1, 0.15) is 25.0 Å². The number of aromatic nitrogens is 1. The summed E-state index contributed by atoms with van der Waals surface area (Å²) in [5.74, 6) is 2.11. The Hall–Kier alpha value is -2.11. The van der Waals surface area contributed by atoms with Gasteiger partial charge in [-0.1, -0.05) is 24.2 Å². The maximum Gasteiger partial charge on any atom is 0.387 e. The van der Waals surface area contributed by atoms with Crippen molar-refractivity contribution in [1.29, 1.82) is 0 Å². The van der Waals surface area contributed by atoms with Crippen LogP contribution in [0.3, 0.4) is 0 Å². The van der Waals surface area contributed by atoms with E-state index in [4.69, 9.17) is 10.3 Å². The van der Waals surface area contributed by atoms with Gasteiger partial charge in [-0.15, -0.1) is 0 Å². The van der Waals surface area contributed by atoms with Crippen LogP contribution in [0.4, 0.5) is 14.6 Å². The molecule has 0 radical (unpaired) electrons. The second-order valence-electron chi connectivity index (χ2n) is 5.03. The highest BCUT2D eigenvalue weighted by Crippen LogP contribution is 2.51. The van der Waals surface area contributed by atoms with Gasteiger partial charge >= 0.3 is 6.61 Å². The molecule has 1 saturated carbocycles. The van der Waals surface area contributed by atoms with Gasteiger partial charge in [0.25, 0.3) is 0 Å². The van der Waals surface area contributed by atoms with Crippen molar-refractivity contribution in [2.75, 3.05) is 5.73 Å². The third-order valence-corrected chi connectivity index (χ3v) is 3.56. The highest BCUT2D eigenvalue weighted by atomic mass is 19.3. The fourth-order valence-corrected chi connectivity index (χ4v) is 2.35. The molecule has 0 amide bonds. The molecule has 2 N–H and O–H groups in total. The maximum absolute atomic E-state index is 12.1. The molecule has 1 aliphatic carbocycles. The number of nitrogen functional groups attached to an aromatic ring is 1. The van der Waals surface area contributed by atoms with Crippen molar-refractivity contribution in [2.24, 2.45) is 5.92 Å². The van der Waals surface area contributed by atoms with Crippen LogP contribution in [0.15, 0.2) is 28.8 Å². The molecule has 0 spiro atoms. The molecule has 20 heavy (non-hydrogen) atoms. The minimum absolute atomic E-state index is 0.111. The minimum Gasteiger partial charge on any atom is -0.435 e. The van der Waals surface area contributed by atoms with E-state index in [9.17, 15) is 8.78 Å². The highest BCUT2D eigenvalue weighted by Gasteiger charge is 2.40. The molecule has 2 aromatic rings. The Bertz CT molecular complexity index is 610. The third-order valence-electron chi connectivity index (χ3n) is 3.56. The Morgan fingerprint density at radius 2 is 2.00 bits per heavy atom. The van der Waals surface area contributed by atoms with Crippen LogP contribution < -0.4 is 10.5 Å². The third kappa shape index (κ3) is 2.33. The average molecular weight is 280 g/mol. The van der Waals surface area contributed by atoms with Crippen LogP contribution in [-0.2, 0) is 0 Å². The molecule has 0 aliphatic heterocycles. The second-order valence-corrected chi connectivity index (χ2v) is 5.03. The Kier molecular flexibility index (Phi) is 3.08. The summed E-state index contributed by atoms with van der Waals surface area (Å²) in [6, 6.07) is 6.32. The summed E-state index contributed by atoms with van der Waals surface area (Å²) in [5.41, 5.74) is 7.39. The Morgan fingerprint density at radius 3 is 2.55 bits per heavy atom. The topological polar surface area (TPSA) is 61.3 Å². The first-order valence-corrected chi connectivity index (χ1v) is 6.36. The van der Waals surface area contributed by atoms with E-state index in [1.165, 1.54) is 12.1 Å². The summed E-state index contributed by atoms with van der Waals surface area (Å²) in [6.45, 7) is -0.698. The van der Waals surface area contributed by atoms with Crippen LogP contribution in [-0.4, -0.2) is 11.8 Å². The molecule has 6 heteroatoms. The highest BCUT2D eigenvalue weighted by molar-refractivity contribution is 5.76. The van der Waals surface area contributed by atoms with E-state index in [-0.39, 0.29) is 5.75 Å². The lowest BCUT2D eigenvalue weighted by atomic mass is 10.0.